The predicted molar refractivity (Wildman–Crippen MR) is 73.3 cm³/mol. The fourth-order valence-electron chi connectivity index (χ4n) is 2.08. The number of amides is 1. The van der Waals surface area contributed by atoms with Crippen molar-refractivity contribution < 1.29 is 19.4 Å². The van der Waals surface area contributed by atoms with Gasteiger partial charge in [0.25, 0.3) is 0 Å². The van der Waals surface area contributed by atoms with Crippen LogP contribution in [-0.2, 0) is 16.1 Å². The van der Waals surface area contributed by atoms with E-state index in [0.29, 0.717) is 13.0 Å². The van der Waals surface area contributed by atoms with Crippen molar-refractivity contribution in [3.63, 3.8) is 0 Å². The van der Waals surface area contributed by atoms with Gasteiger partial charge in [-0.15, -0.1) is 0 Å². The molecule has 0 unspecified atom stereocenters. The van der Waals surface area contributed by atoms with E-state index < -0.39 is 12.1 Å². The van der Waals surface area contributed by atoms with Crippen molar-refractivity contribution in [2.45, 2.75) is 18.9 Å². The van der Waals surface area contributed by atoms with E-state index in [9.17, 15) is 9.59 Å². The van der Waals surface area contributed by atoms with Gasteiger partial charge in [-0.2, -0.15) is 0 Å². The molecule has 1 aromatic rings. The summed E-state index contributed by atoms with van der Waals surface area (Å²) in [5.74, 6) is -0.842. The number of ether oxygens (including phenoxy) is 1. The zero-order valence-corrected chi connectivity index (χ0v) is 11.0. The van der Waals surface area contributed by atoms with Gasteiger partial charge in [-0.05, 0) is 23.5 Å². The second-order valence-corrected chi connectivity index (χ2v) is 4.77. The third kappa shape index (κ3) is 3.60. The molecule has 1 aliphatic carbocycles. The Bertz CT molecular complexity index is 509. The fourth-order valence-corrected chi connectivity index (χ4v) is 2.08. The van der Waals surface area contributed by atoms with E-state index in [1.54, 1.807) is 0 Å². The Morgan fingerprint density at radius 2 is 2.10 bits per heavy atom. The van der Waals surface area contributed by atoms with Crippen molar-refractivity contribution >= 4 is 12.1 Å². The van der Waals surface area contributed by atoms with Crippen LogP contribution in [-0.4, -0.2) is 23.8 Å². The highest BCUT2D eigenvalue weighted by Crippen LogP contribution is 2.47. The smallest absolute Gasteiger partial charge is 0.407 e. The van der Waals surface area contributed by atoms with E-state index >= 15 is 0 Å². The summed E-state index contributed by atoms with van der Waals surface area (Å²) in [5, 5.41) is 11.5. The molecule has 1 amide bonds. The second kappa shape index (κ2) is 6.23. The third-order valence-electron chi connectivity index (χ3n) is 3.28. The van der Waals surface area contributed by atoms with Crippen LogP contribution < -0.4 is 5.32 Å². The number of carboxylic acid groups (broad SMARTS) is 1. The van der Waals surface area contributed by atoms with Gasteiger partial charge in [-0.1, -0.05) is 36.9 Å². The summed E-state index contributed by atoms with van der Waals surface area (Å²) < 4.78 is 4.79. The van der Waals surface area contributed by atoms with Gasteiger partial charge in [0.15, 0.2) is 0 Å². The van der Waals surface area contributed by atoms with Crippen LogP contribution in [0.15, 0.2) is 36.9 Å². The Morgan fingerprint density at radius 3 is 2.65 bits per heavy atom. The average molecular weight is 275 g/mol. The Balaban J connectivity index is 1.82. The molecular formula is C15H17NO4. The Labute approximate surface area is 117 Å². The zero-order valence-electron chi connectivity index (χ0n) is 11.0. The van der Waals surface area contributed by atoms with E-state index in [4.69, 9.17) is 9.84 Å². The minimum Gasteiger partial charge on any atom is -0.481 e. The van der Waals surface area contributed by atoms with Crippen LogP contribution in [0.25, 0.3) is 0 Å². The van der Waals surface area contributed by atoms with Crippen molar-refractivity contribution in [2.75, 3.05) is 6.61 Å². The number of nitrogens with one attached hydrogen (secondary N) is 1. The van der Waals surface area contributed by atoms with Crippen LogP contribution in [0.2, 0.25) is 0 Å². The van der Waals surface area contributed by atoms with Crippen LogP contribution in [0, 0.1) is 5.92 Å². The molecule has 20 heavy (non-hydrogen) atoms. The summed E-state index contributed by atoms with van der Waals surface area (Å²) in [5.41, 5.74) is 1.98. The summed E-state index contributed by atoms with van der Waals surface area (Å²) in [6, 6.07) is 7.61. The van der Waals surface area contributed by atoms with Crippen molar-refractivity contribution in [3.05, 3.63) is 48.0 Å². The molecule has 0 heterocycles. The van der Waals surface area contributed by atoms with Gasteiger partial charge in [0.05, 0.1) is 5.92 Å². The molecule has 0 aliphatic heterocycles. The molecule has 2 atom stereocenters. The number of aliphatic carboxylic acids is 1. The molecule has 1 saturated carbocycles. The molecule has 0 spiro atoms. The van der Waals surface area contributed by atoms with E-state index in [0.717, 1.165) is 11.1 Å². The summed E-state index contributed by atoms with van der Waals surface area (Å²) in [6.07, 6.45) is 1.73. The van der Waals surface area contributed by atoms with Gasteiger partial charge in [-0.3, -0.25) is 4.79 Å². The molecule has 5 nitrogen and oxygen atoms in total. The quantitative estimate of drug-likeness (QED) is 0.781. The third-order valence-corrected chi connectivity index (χ3v) is 3.28. The van der Waals surface area contributed by atoms with Crippen LogP contribution >= 0.6 is 0 Å². The first-order valence-corrected chi connectivity index (χ1v) is 6.45. The monoisotopic (exact) mass is 275 g/mol. The SMILES string of the molecule is C=CCOC(=O)NCc1ccc([C@@H]2C[C@H]2C(=O)O)cc1. The van der Waals surface area contributed by atoms with Gasteiger partial charge in [-0.25, -0.2) is 4.79 Å². The van der Waals surface area contributed by atoms with Gasteiger partial charge in [0.2, 0.25) is 0 Å². The first-order chi connectivity index (χ1) is 9.61. The van der Waals surface area contributed by atoms with Gasteiger partial charge in [0.1, 0.15) is 6.61 Å². The molecule has 0 bridgehead atoms. The maximum Gasteiger partial charge on any atom is 0.407 e. The minimum absolute atomic E-state index is 0.132. The molecule has 2 rings (SSSR count). The Hall–Kier alpha value is -2.30. The lowest BCUT2D eigenvalue weighted by Gasteiger charge is -2.06. The van der Waals surface area contributed by atoms with Crippen LogP contribution in [0.5, 0.6) is 0 Å². The lowest BCUT2D eigenvalue weighted by molar-refractivity contribution is -0.138. The summed E-state index contributed by atoms with van der Waals surface area (Å²) >= 11 is 0. The van der Waals surface area contributed by atoms with Crippen LogP contribution in [0.4, 0.5) is 4.79 Å². The number of benzene rings is 1. The standard InChI is InChI=1S/C15H17NO4/c1-2-7-20-15(19)16-9-10-3-5-11(6-4-10)12-8-13(12)14(17)18/h2-6,12-13H,1,7-9H2,(H,16,19)(H,17,18)/t12-,13+/m0/s1. The van der Waals surface area contributed by atoms with Crippen molar-refractivity contribution in [1.29, 1.82) is 0 Å². The van der Waals surface area contributed by atoms with Crippen LogP contribution in [0.3, 0.4) is 0 Å². The number of hydrogen-bond acceptors (Lipinski definition) is 3. The lowest BCUT2D eigenvalue weighted by Crippen LogP contribution is -2.23. The van der Waals surface area contributed by atoms with E-state index in [1.807, 2.05) is 24.3 Å². The van der Waals surface area contributed by atoms with Crippen molar-refractivity contribution in [2.24, 2.45) is 5.92 Å². The average Bonchev–Trinajstić information content (AvgIpc) is 3.24. The topological polar surface area (TPSA) is 75.6 Å². The number of hydrogen-bond donors (Lipinski definition) is 2. The summed E-state index contributed by atoms with van der Waals surface area (Å²) in [7, 11) is 0. The second-order valence-electron chi connectivity index (χ2n) is 4.77. The van der Waals surface area contributed by atoms with E-state index in [-0.39, 0.29) is 18.4 Å². The molecule has 0 saturated heterocycles. The van der Waals surface area contributed by atoms with Gasteiger partial charge >= 0.3 is 12.1 Å². The summed E-state index contributed by atoms with van der Waals surface area (Å²) in [4.78, 5) is 22.0. The van der Waals surface area contributed by atoms with Gasteiger partial charge < -0.3 is 15.2 Å². The first-order valence-electron chi connectivity index (χ1n) is 6.45. The highest BCUT2D eigenvalue weighted by Gasteiger charge is 2.43. The van der Waals surface area contributed by atoms with Crippen LogP contribution in [0.1, 0.15) is 23.5 Å². The predicted octanol–water partition coefficient (Wildman–Crippen LogP) is 2.29. The maximum atomic E-state index is 11.2. The minimum atomic E-state index is -0.731. The lowest BCUT2D eigenvalue weighted by atomic mass is 10.1. The molecule has 1 fully saturated rings. The molecule has 5 heteroatoms. The molecule has 1 aromatic carbocycles. The van der Waals surface area contributed by atoms with Crippen molar-refractivity contribution in [1.82, 2.24) is 5.32 Å². The molecule has 2 N–H and O–H groups in total. The highest BCUT2D eigenvalue weighted by atomic mass is 16.5. The molecule has 0 aromatic heterocycles. The molecule has 1 aliphatic rings. The molecular weight excluding hydrogens is 258 g/mol. The van der Waals surface area contributed by atoms with E-state index in [1.165, 1.54) is 6.08 Å². The number of alkyl carbamates (subject to hydrolysis) is 1. The first kappa shape index (κ1) is 14.1. The normalized spacial score (nSPS) is 20.0. The van der Waals surface area contributed by atoms with E-state index in [2.05, 4.69) is 11.9 Å². The number of rotatable bonds is 6. The van der Waals surface area contributed by atoms with Gasteiger partial charge in [0, 0.05) is 6.54 Å². The fraction of sp³-hybridized carbons (Fsp3) is 0.333. The summed E-state index contributed by atoms with van der Waals surface area (Å²) in [6.45, 7) is 4.02. The number of carboxylic acids is 1. The zero-order chi connectivity index (χ0) is 14.5. The Kier molecular flexibility index (Phi) is 4.40. The number of carbonyl (C=O) groups excluding carboxylic acids is 1. The molecule has 0 radical (unpaired) electrons. The number of carbonyl (C=O) groups is 2. The Morgan fingerprint density at radius 1 is 1.40 bits per heavy atom. The highest BCUT2D eigenvalue weighted by molar-refractivity contribution is 5.75. The maximum absolute atomic E-state index is 11.2. The van der Waals surface area contributed by atoms with Crippen molar-refractivity contribution in [3.8, 4) is 0 Å². The largest absolute Gasteiger partial charge is 0.481 e. The molecule has 106 valence electrons.